The quantitative estimate of drug-likeness (QED) is 0.783. The van der Waals surface area contributed by atoms with Gasteiger partial charge in [-0.05, 0) is 43.7 Å². The number of nitrogens with zero attached hydrogens (tertiary/aromatic N) is 3. The standard InChI is InChI=1S/C17H18N4/c1-2-10-21-17(8-1)14(12-19-21)16-7-3-6-15(20-16)13-5-4-9-18-11-13/h1-3,6-8,10,12-13,18H,4-5,9,11H2/t13-/m0/s1. The Morgan fingerprint density at radius 3 is 3.05 bits per heavy atom. The summed E-state index contributed by atoms with van der Waals surface area (Å²) in [4.78, 5) is 4.90. The first-order valence-corrected chi connectivity index (χ1v) is 7.52. The molecule has 1 aliphatic heterocycles. The van der Waals surface area contributed by atoms with Crippen molar-refractivity contribution in [1.82, 2.24) is 19.9 Å². The Bertz CT molecular complexity index is 756. The van der Waals surface area contributed by atoms with Gasteiger partial charge in [-0.2, -0.15) is 5.10 Å². The van der Waals surface area contributed by atoms with Crippen LogP contribution in [0.2, 0.25) is 0 Å². The van der Waals surface area contributed by atoms with Crippen molar-refractivity contribution in [3.63, 3.8) is 0 Å². The van der Waals surface area contributed by atoms with Crippen molar-refractivity contribution in [1.29, 1.82) is 0 Å². The molecule has 1 saturated heterocycles. The van der Waals surface area contributed by atoms with Gasteiger partial charge in [-0.15, -0.1) is 0 Å². The molecule has 4 heterocycles. The molecule has 3 aromatic heterocycles. The minimum atomic E-state index is 0.528. The van der Waals surface area contributed by atoms with Crippen LogP contribution in [0, 0.1) is 0 Å². The number of fused-ring (bicyclic) bond motifs is 1. The molecule has 0 radical (unpaired) electrons. The third-order valence-electron chi connectivity index (χ3n) is 4.19. The Morgan fingerprint density at radius 2 is 2.14 bits per heavy atom. The number of hydrogen-bond donors (Lipinski definition) is 1. The van der Waals surface area contributed by atoms with Gasteiger partial charge in [0.05, 0.1) is 17.4 Å². The Labute approximate surface area is 123 Å². The summed E-state index contributed by atoms with van der Waals surface area (Å²) in [6.07, 6.45) is 6.32. The molecule has 0 aromatic carbocycles. The zero-order valence-electron chi connectivity index (χ0n) is 11.9. The Morgan fingerprint density at radius 1 is 1.14 bits per heavy atom. The van der Waals surface area contributed by atoms with Gasteiger partial charge in [-0.25, -0.2) is 4.52 Å². The average molecular weight is 278 g/mol. The predicted molar refractivity (Wildman–Crippen MR) is 83.3 cm³/mol. The maximum absolute atomic E-state index is 4.90. The van der Waals surface area contributed by atoms with Gasteiger partial charge in [0, 0.05) is 29.9 Å². The molecule has 1 fully saturated rings. The van der Waals surface area contributed by atoms with Gasteiger partial charge in [0.2, 0.25) is 0 Å². The molecular weight excluding hydrogens is 260 g/mol. The number of aromatic nitrogens is 3. The van der Waals surface area contributed by atoms with Gasteiger partial charge in [0.1, 0.15) is 0 Å². The lowest BCUT2D eigenvalue weighted by atomic mass is 9.95. The van der Waals surface area contributed by atoms with E-state index in [0.717, 1.165) is 29.9 Å². The molecule has 0 bridgehead atoms. The molecule has 0 unspecified atom stereocenters. The molecule has 1 N–H and O–H groups in total. The van der Waals surface area contributed by atoms with Crippen LogP contribution in [-0.4, -0.2) is 27.7 Å². The van der Waals surface area contributed by atoms with Crippen LogP contribution in [0.25, 0.3) is 16.8 Å². The molecule has 1 aliphatic rings. The van der Waals surface area contributed by atoms with E-state index in [2.05, 4.69) is 34.7 Å². The topological polar surface area (TPSA) is 42.2 Å². The highest BCUT2D eigenvalue weighted by Gasteiger charge is 2.17. The summed E-state index contributed by atoms with van der Waals surface area (Å²) < 4.78 is 1.89. The molecule has 3 aromatic rings. The highest BCUT2D eigenvalue weighted by atomic mass is 15.2. The van der Waals surface area contributed by atoms with Gasteiger partial charge >= 0.3 is 0 Å². The van der Waals surface area contributed by atoms with Crippen molar-refractivity contribution in [3.05, 3.63) is 54.5 Å². The van der Waals surface area contributed by atoms with E-state index >= 15 is 0 Å². The highest BCUT2D eigenvalue weighted by Crippen LogP contribution is 2.26. The molecule has 4 heteroatoms. The Hall–Kier alpha value is -2.20. The molecule has 4 rings (SSSR count). The zero-order valence-corrected chi connectivity index (χ0v) is 11.9. The van der Waals surface area contributed by atoms with Crippen molar-refractivity contribution < 1.29 is 0 Å². The van der Waals surface area contributed by atoms with Crippen LogP contribution < -0.4 is 5.32 Å². The zero-order chi connectivity index (χ0) is 14.1. The molecule has 0 spiro atoms. The fourth-order valence-corrected chi connectivity index (χ4v) is 3.06. The second-order valence-corrected chi connectivity index (χ2v) is 5.58. The lowest BCUT2D eigenvalue weighted by Crippen LogP contribution is -2.28. The summed E-state index contributed by atoms with van der Waals surface area (Å²) in [5.41, 5.74) is 4.40. The monoisotopic (exact) mass is 278 g/mol. The van der Waals surface area contributed by atoms with E-state index in [1.165, 1.54) is 18.5 Å². The van der Waals surface area contributed by atoms with Gasteiger partial charge < -0.3 is 5.32 Å². The number of hydrogen-bond acceptors (Lipinski definition) is 3. The lowest BCUT2D eigenvalue weighted by Gasteiger charge is -2.22. The van der Waals surface area contributed by atoms with Crippen LogP contribution in [0.4, 0.5) is 0 Å². The molecule has 0 amide bonds. The number of nitrogens with one attached hydrogen (secondary N) is 1. The fourth-order valence-electron chi connectivity index (χ4n) is 3.06. The van der Waals surface area contributed by atoms with Crippen LogP contribution in [0.5, 0.6) is 0 Å². The predicted octanol–water partition coefficient (Wildman–Crippen LogP) is 2.86. The second-order valence-electron chi connectivity index (χ2n) is 5.58. The molecule has 1 atom stereocenters. The molecule has 106 valence electrons. The third kappa shape index (κ3) is 2.32. The summed E-state index contributed by atoms with van der Waals surface area (Å²) in [5.74, 6) is 0.528. The van der Waals surface area contributed by atoms with E-state index in [0.29, 0.717) is 5.92 Å². The van der Waals surface area contributed by atoms with E-state index in [4.69, 9.17) is 4.98 Å². The van der Waals surface area contributed by atoms with Crippen LogP contribution in [0.15, 0.2) is 48.8 Å². The summed E-state index contributed by atoms with van der Waals surface area (Å²) in [5, 5.41) is 7.86. The number of piperidine rings is 1. The van der Waals surface area contributed by atoms with E-state index in [9.17, 15) is 0 Å². The number of pyridine rings is 2. The molecule has 0 saturated carbocycles. The summed E-state index contributed by atoms with van der Waals surface area (Å²) in [6.45, 7) is 2.16. The summed E-state index contributed by atoms with van der Waals surface area (Å²) >= 11 is 0. The molecule has 21 heavy (non-hydrogen) atoms. The maximum Gasteiger partial charge on any atom is 0.0755 e. The minimum Gasteiger partial charge on any atom is -0.316 e. The first kappa shape index (κ1) is 12.5. The first-order valence-electron chi connectivity index (χ1n) is 7.52. The van der Waals surface area contributed by atoms with E-state index in [1.54, 1.807) is 0 Å². The first-order chi connectivity index (χ1) is 10.4. The second kappa shape index (κ2) is 5.30. The largest absolute Gasteiger partial charge is 0.316 e. The van der Waals surface area contributed by atoms with Gasteiger partial charge in [-0.1, -0.05) is 12.1 Å². The number of rotatable bonds is 2. The van der Waals surface area contributed by atoms with E-state index < -0.39 is 0 Å². The van der Waals surface area contributed by atoms with Crippen LogP contribution in [-0.2, 0) is 0 Å². The van der Waals surface area contributed by atoms with Crippen molar-refractivity contribution in [2.75, 3.05) is 13.1 Å². The SMILES string of the molecule is c1cc(-c2cnn3ccccc23)nc([C@H]2CCCNC2)c1. The van der Waals surface area contributed by atoms with Crippen LogP contribution in [0.1, 0.15) is 24.5 Å². The van der Waals surface area contributed by atoms with Crippen molar-refractivity contribution in [3.8, 4) is 11.3 Å². The minimum absolute atomic E-state index is 0.528. The lowest BCUT2D eigenvalue weighted by molar-refractivity contribution is 0.455. The van der Waals surface area contributed by atoms with Crippen LogP contribution in [0.3, 0.4) is 0 Å². The van der Waals surface area contributed by atoms with Crippen molar-refractivity contribution in [2.24, 2.45) is 0 Å². The van der Waals surface area contributed by atoms with Crippen molar-refractivity contribution >= 4 is 5.52 Å². The van der Waals surface area contributed by atoms with Gasteiger partial charge in [0.15, 0.2) is 0 Å². The molecule has 4 nitrogen and oxygen atoms in total. The van der Waals surface area contributed by atoms with Crippen molar-refractivity contribution in [2.45, 2.75) is 18.8 Å². The third-order valence-corrected chi connectivity index (χ3v) is 4.19. The summed E-state index contributed by atoms with van der Waals surface area (Å²) in [7, 11) is 0. The summed E-state index contributed by atoms with van der Waals surface area (Å²) in [6, 6.07) is 12.4. The normalized spacial score (nSPS) is 19.0. The maximum atomic E-state index is 4.90. The smallest absolute Gasteiger partial charge is 0.0755 e. The average Bonchev–Trinajstić information content (AvgIpc) is 3.00. The van der Waals surface area contributed by atoms with Gasteiger partial charge in [0.25, 0.3) is 0 Å². The van der Waals surface area contributed by atoms with E-state index in [1.807, 2.05) is 29.0 Å². The highest BCUT2D eigenvalue weighted by molar-refractivity contribution is 5.77. The molecule has 0 aliphatic carbocycles. The van der Waals surface area contributed by atoms with E-state index in [-0.39, 0.29) is 0 Å². The molecular formula is C17H18N4. The van der Waals surface area contributed by atoms with Crippen LogP contribution >= 0.6 is 0 Å². The Balaban J connectivity index is 1.75. The Kier molecular flexibility index (Phi) is 3.16. The van der Waals surface area contributed by atoms with Gasteiger partial charge in [-0.3, -0.25) is 4.98 Å². The fraction of sp³-hybridized carbons (Fsp3) is 0.294.